The average Bonchev–Trinajstić information content (AvgIpc) is 3.31. The monoisotopic (exact) mass is 447 g/mol. The van der Waals surface area contributed by atoms with Crippen LogP contribution in [0.5, 0.6) is 11.5 Å². The van der Waals surface area contributed by atoms with Crippen molar-refractivity contribution in [3.05, 3.63) is 38.7 Å². The van der Waals surface area contributed by atoms with Gasteiger partial charge in [0.15, 0.2) is 23.9 Å². The molecule has 8 nitrogen and oxygen atoms in total. The lowest BCUT2D eigenvalue weighted by Gasteiger charge is -2.11. The molecule has 1 atom stereocenters. The molecule has 1 aliphatic heterocycles. The molecule has 1 aromatic heterocycles. The number of aromatic nitrogens is 2. The van der Waals surface area contributed by atoms with Gasteiger partial charge >= 0.3 is 5.97 Å². The Balaban J connectivity index is 1.78. The minimum absolute atomic E-state index is 0.162. The number of hydrogen-bond acceptors (Lipinski definition) is 10. The Bertz CT molecular complexity index is 1000. The van der Waals surface area contributed by atoms with Crippen LogP contribution in [-0.2, 0) is 20.7 Å². The van der Waals surface area contributed by atoms with Gasteiger partial charge in [-0.3, -0.25) is 10.2 Å². The molecule has 0 amide bonds. The summed E-state index contributed by atoms with van der Waals surface area (Å²) in [6, 6.07) is 5.12. The highest BCUT2D eigenvalue weighted by Gasteiger charge is 2.39. The zero-order valence-electron chi connectivity index (χ0n) is 16.8. The molecule has 1 unspecified atom stereocenters. The molecule has 1 aromatic carbocycles. The number of esters is 1. The summed E-state index contributed by atoms with van der Waals surface area (Å²) in [6.07, 6.45) is 2.45. The van der Waals surface area contributed by atoms with Gasteiger partial charge in [0.2, 0.25) is 0 Å². The predicted octanol–water partition coefficient (Wildman–Crippen LogP) is 3.47. The van der Waals surface area contributed by atoms with E-state index in [1.807, 2.05) is 6.92 Å². The van der Waals surface area contributed by atoms with Crippen molar-refractivity contribution in [2.24, 2.45) is 0 Å². The van der Waals surface area contributed by atoms with Crippen molar-refractivity contribution in [1.82, 2.24) is 10.2 Å². The molecule has 1 saturated heterocycles. The number of thioether (sulfide) groups is 1. The highest BCUT2D eigenvalue weighted by Crippen LogP contribution is 2.42. The number of rotatable bonds is 8. The Kier molecular flexibility index (Phi) is 7.22. The van der Waals surface area contributed by atoms with Crippen molar-refractivity contribution in [2.75, 3.05) is 20.3 Å². The van der Waals surface area contributed by atoms with Crippen molar-refractivity contribution >= 4 is 46.0 Å². The van der Waals surface area contributed by atoms with Crippen LogP contribution in [0.2, 0.25) is 0 Å². The van der Waals surface area contributed by atoms with E-state index >= 15 is 0 Å². The van der Waals surface area contributed by atoms with Crippen molar-refractivity contribution in [1.29, 1.82) is 5.41 Å². The molecule has 1 fully saturated rings. The van der Waals surface area contributed by atoms with E-state index in [9.17, 15) is 9.59 Å². The van der Waals surface area contributed by atoms with Crippen LogP contribution in [0.1, 0.15) is 35.3 Å². The second-order valence-corrected chi connectivity index (χ2v) is 8.34. The number of allylic oxidation sites excluding steroid dienone is 1. The van der Waals surface area contributed by atoms with Crippen molar-refractivity contribution in [3.63, 3.8) is 0 Å². The molecule has 0 spiro atoms. The lowest BCUT2D eigenvalue weighted by Crippen LogP contribution is -2.14. The largest absolute Gasteiger partial charge is 0.493 e. The average molecular weight is 448 g/mol. The fraction of sp³-hybridized carbons (Fsp3) is 0.350. The first-order valence-corrected chi connectivity index (χ1v) is 10.9. The number of nitrogens with zero attached hydrogens (tertiary/aromatic N) is 2. The highest BCUT2D eigenvalue weighted by atomic mass is 32.2. The first-order valence-electron chi connectivity index (χ1n) is 9.27. The smallest absolute Gasteiger partial charge is 0.344 e. The zero-order chi connectivity index (χ0) is 21.7. The van der Waals surface area contributed by atoms with Gasteiger partial charge in [-0.25, -0.2) is 4.79 Å². The number of Topliss-reactive ketones (excluding diaryl/α,β-unsaturated/α-hetero) is 1. The molecule has 3 rings (SSSR count). The fourth-order valence-corrected chi connectivity index (χ4v) is 4.68. The van der Waals surface area contributed by atoms with Gasteiger partial charge in [0.25, 0.3) is 0 Å². The van der Waals surface area contributed by atoms with Crippen molar-refractivity contribution in [3.8, 4) is 11.5 Å². The molecular weight excluding hydrogens is 426 g/mol. The van der Waals surface area contributed by atoms with E-state index in [0.717, 1.165) is 23.2 Å². The quantitative estimate of drug-likeness (QED) is 0.484. The molecule has 1 aliphatic rings. The maximum atomic E-state index is 12.9. The Morgan fingerprint density at radius 3 is 2.73 bits per heavy atom. The summed E-state index contributed by atoms with van der Waals surface area (Å²) in [5.41, 5.74) is 0.714. The number of ketones is 1. The van der Waals surface area contributed by atoms with Crippen LogP contribution < -0.4 is 9.47 Å². The molecule has 0 radical (unpaired) electrons. The molecule has 158 valence electrons. The van der Waals surface area contributed by atoms with Crippen LogP contribution in [0.4, 0.5) is 0 Å². The minimum Gasteiger partial charge on any atom is -0.493 e. The normalized spacial score (nSPS) is 17.4. The predicted molar refractivity (Wildman–Crippen MR) is 115 cm³/mol. The van der Waals surface area contributed by atoms with E-state index in [1.165, 1.54) is 18.4 Å². The van der Waals surface area contributed by atoms with E-state index in [-0.39, 0.29) is 24.0 Å². The number of nitrogens with one attached hydrogen (secondary N) is 1. The first kappa shape index (κ1) is 22.0. The Labute approximate surface area is 182 Å². The second kappa shape index (κ2) is 9.86. The van der Waals surface area contributed by atoms with Crippen LogP contribution in [0.25, 0.3) is 6.08 Å². The standard InChI is InChI=1S/C20H21N3O5S2/c1-4-15-22-23-20(30-15)17-18(25)14(29-19(17)21)9-11-6-7-12(13(8-11)26-3)28-10-16(24)27-5-2/h6-9,17,21H,4-5,10H2,1-3H3. The molecule has 10 heteroatoms. The van der Waals surface area contributed by atoms with Crippen LogP contribution in [0.3, 0.4) is 0 Å². The van der Waals surface area contributed by atoms with Gasteiger partial charge in [-0.2, -0.15) is 0 Å². The van der Waals surface area contributed by atoms with E-state index in [2.05, 4.69) is 10.2 Å². The highest BCUT2D eigenvalue weighted by molar-refractivity contribution is 8.19. The van der Waals surface area contributed by atoms with Crippen LogP contribution >= 0.6 is 23.1 Å². The van der Waals surface area contributed by atoms with E-state index in [0.29, 0.717) is 27.0 Å². The van der Waals surface area contributed by atoms with Crippen molar-refractivity contribution < 1.29 is 23.8 Å². The Morgan fingerprint density at radius 1 is 1.27 bits per heavy atom. The van der Waals surface area contributed by atoms with Gasteiger partial charge in [0.1, 0.15) is 15.9 Å². The number of carbonyl (C=O) groups is 2. The van der Waals surface area contributed by atoms with Gasteiger partial charge < -0.3 is 14.2 Å². The summed E-state index contributed by atoms with van der Waals surface area (Å²) in [5, 5.41) is 18.0. The second-order valence-electron chi connectivity index (χ2n) is 6.16. The number of ether oxygens (including phenoxy) is 3. The van der Waals surface area contributed by atoms with Crippen molar-refractivity contribution in [2.45, 2.75) is 26.2 Å². The molecule has 30 heavy (non-hydrogen) atoms. The van der Waals surface area contributed by atoms with E-state index < -0.39 is 11.9 Å². The number of methoxy groups -OCH3 is 1. The van der Waals surface area contributed by atoms with Gasteiger partial charge in [-0.1, -0.05) is 24.8 Å². The summed E-state index contributed by atoms with van der Waals surface area (Å²) < 4.78 is 15.6. The maximum absolute atomic E-state index is 12.9. The van der Waals surface area contributed by atoms with Crippen LogP contribution in [0.15, 0.2) is 23.1 Å². The number of hydrogen-bond donors (Lipinski definition) is 1. The summed E-state index contributed by atoms with van der Waals surface area (Å²) in [6.45, 7) is 3.75. The third-order valence-corrected chi connectivity index (χ3v) is 6.28. The third kappa shape index (κ3) is 4.88. The Morgan fingerprint density at radius 2 is 2.07 bits per heavy atom. The van der Waals surface area contributed by atoms with Gasteiger partial charge in [-0.05, 0) is 37.1 Å². The van der Waals surface area contributed by atoms with E-state index in [4.69, 9.17) is 19.6 Å². The maximum Gasteiger partial charge on any atom is 0.344 e. The summed E-state index contributed by atoms with van der Waals surface area (Å²) in [4.78, 5) is 24.8. The molecule has 2 aromatic rings. The Hall–Kier alpha value is -2.72. The van der Waals surface area contributed by atoms with E-state index in [1.54, 1.807) is 31.2 Å². The van der Waals surface area contributed by atoms with Gasteiger partial charge in [-0.15, -0.1) is 21.5 Å². The number of carbonyl (C=O) groups excluding carboxylic acids is 2. The van der Waals surface area contributed by atoms with Gasteiger partial charge in [0.05, 0.1) is 23.7 Å². The third-order valence-electron chi connectivity index (χ3n) is 4.16. The lowest BCUT2D eigenvalue weighted by atomic mass is 10.1. The molecule has 0 bridgehead atoms. The molecule has 0 saturated carbocycles. The van der Waals surface area contributed by atoms with Crippen LogP contribution in [0, 0.1) is 5.41 Å². The topological polar surface area (TPSA) is 111 Å². The molecule has 0 aliphatic carbocycles. The van der Waals surface area contributed by atoms with Gasteiger partial charge in [0, 0.05) is 0 Å². The molecular formula is C20H21N3O5S2. The summed E-state index contributed by atoms with van der Waals surface area (Å²) in [7, 11) is 1.49. The number of benzene rings is 1. The molecule has 1 N–H and O–H groups in total. The SMILES string of the molecule is CCOC(=O)COc1ccc(C=C2SC(=N)C(c3nnc(CC)s3)C2=O)cc1OC. The first-order chi connectivity index (χ1) is 14.5. The molecule has 2 heterocycles. The number of aryl methyl sites for hydroxylation is 1. The zero-order valence-corrected chi connectivity index (χ0v) is 18.4. The fourth-order valence-electron chi connectivity index (χ4n) is 2.72. The van der Waals surface area contributed by atoms with Crippen LogP contribution in [-0.4, -0.2) is 47.3 Å². The lowest BCUT2D eigenvalue weighted by molar-refractivity contribution is -0.145. The summed E-state index contributed by atoms with van der Waals surface area (Å²) >= 11 is 2.49. The minimum atomic E-state index is -0.687. The summed E-state index contributed by atoms with van der Waals surface area (Å²) in [5.74, 6) is -0.498.